The van der Waals surface area contributed by atoms with Crippen LogP contribution in [0.1, 0.15) is 75.5 Å². The van der Waals surface area contributed by atoms with E-state index in [-0.39, 0.29) is 44.8 Å². The van der Waals surface area contributed by atoms with Crippen molar-refractivity contribution in [2.24, 2.45) is 5.92 Å². The second-order valence-electron chi connectivity index (χ2n) is 17.2. The summed E-state index contributed by atoms with van der Waals surface area (Å²) >= 11 is 0. The van der Waals surface area contributed by atoms with Gasteiger partial charge in [0.25, 0.3) is 0 Å². The molecule has 7 rings (SSSR count). The van der Waals surface area contributed by atoms with Crippen LogP contribution in [0.2, 0.25) is 0 Å². The van der Waals surface area contributed by atoms with E-state index in [0.717, 1.165) is 16.7 Å². The smallest absolute Gasteiger partial charge is 0.246 e. The van der Waals surface area contributed by atoms with E-state index in [1.54, 1.807) is 0 Å². The summed E-state index contributed by atoms with van der Waals surface area (Å²) in [7, 11) is 0. The highest BCUT2D eigenvalue weighted by Crippen LogP contribution is 2.25. The number of amides is 7. The van der Waals surface area contributed by atoms with Crippen LogP contribution in [0.4, 0.5) is 0 Å². The topological polar surface area (TPSA) is 177 Å². The molecule has 4 aliphatic rings. The average molecular weight is 846 g/mol. The van der Waals surface area contributed by atoms with Crippen molar-refractivity contribution in [3.8, 4) is 0 Å². The van der Waals surface area contributed by atoms with Crippen LogP contribution < -0.4 is 21.3 Å². The van der Waals surface area contributed by atoms with Gasteiger partial charge in [-0.05, 0) is 61.1 Å². The summed E-state index contributed by atoms with van der Waals surface area (Å²) in [6.45, 7) is 4.58. The Morgan fingerprint density at radius 2 is 0.774 bits per heavy atom. The van der Waals surface area contributed by atoms with E-state index in [1.807, 2.05) is 105 Å². The third-order valence-electron chi connectivity index (χ3n) is 13.0. The molecule has 14 heteroatoms. The maximum Gasteiger partial charge on any atom is 0.246 e. The van der Waals surface area contributed by atoms with Gasteiger partial charge in [0.1, 0.15) is 42.3 Å². The van der Waals surface area contributed by atoms with Crippen LogP contribution in [-0.2, 0) is 52.8 Å². The highest BCUT2D eigenvalue weighted by Gasteiger charge is 2.45. The molecule has 4 aliphatic heterocycles. The van der Waals surface area contributed by atoms with Crippen LogP contribution >= 0.6 is 0 Å². The zero-order valence-corrected chi connectivity index (χ0v) is 35.7. The minimum atomic E-state index is -1.08. The lowest BCUT2D eigenvalue weighted by molar-refractivity contribution is -0.145. The van der Waals surface area contributed by atoms with Gasteiger partial charge in [-0.3, -0.25) is 33.6 Å². The highest BCUT2D eigenvalue weighted by molar-refractivity contribution is 5.99. The molecule has 0 aromatic heterocycles. The first-order valence-electron chi connectivity index (χ1n) is 22.3. The van der Waals surface area contributed by atoms with E-state index in [4.69, 9.17) is 0 Å². The van der Waals surface area contributed by atoms with Crippen LogP contribution in [0.3, 0.4) is 0 Å². The Labute approximate surface area is 363 Å². The molecule has 8 atom stereocenters. The van der Waals surface area contributed by atoms with Crippen molar-refractivity contribution < 1.29 is 33.6 Å². The summed E-state index contributed by atoms with van der Waals surface area (Å²) in [6, 6.07) is 20.9. The fourth-order valence-corrected chi connectivity index (χ4v) is 9.41. The molecule has 0 radical (unpaired) electrons. The van der Waals surface area contributed by atoms with Gasteiger partial charge < -0.3 is 36.0 Å². The zero-order valence-electron chi connectivity index (χ0n) is 35.7. The summed E-state index contributed by atoms with van der Waals surface area (Å²) in [5, 5.41) is 11.9. The van der Waals surface area contributed by atoms with Crippen molar-refractivity contribution in [2.45, 2.75) is 120 Å². The van der Waals surface area contributed by atoms with Gasteiger partial charge >= 0.3 is 0 Å². The second-order valence-corrected chi connectivity index (χ2v) is 17.2. The minimum Gasteiger partial charge on any atom is -0.342 e. The summed E-state index contributed by atoms with van der Waals surface area (Å²) in [5.74, 6) is -3.70. The quantitative estimate of drug-likeness (QED) is 0.270. The van der Waals surface area contributed by atoms with Crippen LogP contribution in [0.5, 0.6) is 0 Å². The summed E-state index contributed by atoms with van der Waals surface area (Å²) in [4.78, 5) is 106. The molecule has 4 fully saturated rings. The average Bonchev–Trinajstić information content (AvgIpc) is 4.10. The number of nitrogens with zero attached hydrogens (tertiary/aromatic N) is 3. The van der Waals surface area contributed by atoms with Crippen LogP contribution in [0, 0.1) is 5.92 Å². The van der Waals surface area contributed by atoms with E-state index in [9.17, 15) is 33.6 Å². The molecule has 14 nitrogen and oxygen atoms in total. The predicted molar refractivity (Wildman–Crippen MR) is 232 cm³/mol. The predicted octanol–water partition coefficient (Wildman–Crippen LogP) is 2.69. The van der Waals surface area contributed by atoms with Gasteiger partial charge in [-0.1, -0.05) is 111 Å². The maximum absolute atomic E-state index is 14.7. The third kappa shape index (κ3) is 10.2. The van der Waals surface area contributed by atoms with E-state index in [1.165, 1.54) is 14.7 Å². The van der Waals surface area contributed by atoms with E-state index in [2.05, 4.69) is 21.3 Å². The van der Waals surface area contributed by atoms with Gasteiger partial charge in [0.15, 0.2) is 0 Å². The van der Waals surface area contributed by atoms with Crippen molar-refractivity contribution in [1.82, 2.24) is 36.0 Å². The Morgan fingerprint density at radius 3 is 1.10 bits per heavy atom. The standard InChI is InChI=1S/C48H59N7O7/c1-3-31(2)41-45(59)51-37(30-34-20-11-6-12-21-34)48(62)54-26-14-23-39(54)43(57)49-35(28-32-16-7-4-8-17-32)46(60)53-25-13-22-38(53)42(56)50-36(29-33-18-9-5-10-19-33)47(61)55-27-15-24-40(55)44(58)52-41/h4-12,16-21,31,35-41H,3,13-15,22-30H2,1-2H3,(H,49,57)(H,50,56)(H,51,59)(H,52,58)/t31-,35-,36-,37-,38-,39-,40-,41-/m0/s1. The molecule has 328 valence electrons. The van der Waals surface area contributed by atoms with Crippen molar-refractivity contribution >= 4 is 41.4 Å². The first-order valence-corrected chi connectivity index (χ1v) is 22.3. The lowest BCUT2D eigenvalue weighted by Gasteiger charge is -2.33. The first-order chi connectivity index (χ1) is 30.0. The van der Waals surface area contributed by atoms with Gasteiger partial charge in [-0.25, -0.2) is 0 Å². The Kier molecular flexibility index (Phi) is 14.4. The molecule has 0 bridgehead atoms. The summed E-state index contributed by atoms with van der Waals surface area (Å²) < 4.78 is 0. The third-order valence-corrected chi connectivity index (χ3v) is 13.0. The maximum atomic E-state index is 14.7. The van der Waals surface area contributed by atoms with Crippen molar-refractivity contribution in [3.63, 3.8) is 0 Å². The molecule has 3 aromatic carbocycles. The lowest BCUT2D eigenvalue weighted by atomic mass is 9.96. The Hall–Kier alpha value is -6.05. The molecular formula is C48H59N7O7. The Bertz CT molecular complexity index is 2090. The number of rotatable bonds is 8. The van der Waals surface area contributed by atoms with Gasteiger partial charge in [0, 0.05) is 38.9 Å². The number of fused-ring (bicyclic) bond motifs is 3. The molecule has 4 heterocycles. The molecule has 0 unspecified atom stereocenters. The minimum absolute atomic E-state index is 0.137. The largest absolute Gasteiger partial charge is 0.342 e. The SMILES string of the molecule is CC[C@H](C)[C@@H]1NC(=O)[C@@H]2CCCN2C(=O)[C@H](Cc2ccccc2)NC(=O)[C@@H]2CCCN2C(=O)[C@H](Cc2ccccc2)NC(=O)[C@@H]2CCCN2C(=O)[C@H](Cc2ccccc2)NC1=O. The molecule has 7 amide bonds. The van der Waals surface area contributed by atoms with Crippen molar-refractivity contribution in [3.05, 3.63) is 108 Å². The van der Waals surface area contributed by atoms with Crippen LogP contribution in [0.25, 0.3) is 0 Å². The number of nitrogens with one attached hydrogen (secondary N) is 4. The summed E-state index contributed by atoms with van der Waals surface area (Å²) in [5.41, 5.74) is 2.40. The lowest BCUT2D eigenvalue weighted by Crippen LogP contribution is -2.60. The van der Waals surface area contributed by atoms with Crippen molar-refractivity contribution in [2.75, 3.05) is 19.6 Å². The zero-order chi connectivity index (χ0) is 43.8. The monoisotopic (exact) mass is 845 g/mol. The molecular weight excluding hydrogens is 787 g/mol. The number of carbonyl (C=O) groups excluding carboxylic acids is 7. The van der Waals surface area contributed by atoms with E-state index >= 15 is 0 Å². The number of hydrogen-bond acceptors (Lipinski definition) is 7. The number of hydrogen-bond donors (Lipinski definition) is 4. The van der Waals surface area contributed by atoms with E-state index in [0.29, 0.717) is 44.9 Å². The van der Waals surface area contributed by atoms with Gasteiger partial charge in [0.2, 0.25) is 41.4 Å². The molecule has 4 saturated heterocycles. The molecule has 0 saturated carbocycles. The molecule has 4 N–H and O–H groups in total. The van der Waals surface area contributed by atoms with Gasteiger partial charge in [-0.15, -0.1) is 0 Å². The normalized spacial score (nSPS) is 27.3. The Morgan fingerprint density at radius 1 is 0.468 bits per heavy atom. The first kappa shape index (κ1) is 44.0. The number of carbonyl (C=O) groups is 7. The number of benzene rings is 3. The molecule has 62 heavy (non-hydrogen) atoms. The molecule has 0 aliphatic carbocycles. The fraction of sp³-hybridized carbons (Fsp3) is 0.479. The van der Waals surface area contributed by atoms with Crippen LogP contribution in [0.15, 0.2) is 91.0 Å². The Balaban J connectivity index is 1.27. The molecule has 0 spiro atoms. The second kappa shape index (κ2) is 20.2. The van der Waals surface area contributed by atoms with E-state index < -0.39 is 83.6 Å². The molecule has 3 aromatic rings. The van der Waals surface area contributed by atoms with Gasteiger partial charge in [-0.2, -0.15) is 0 Å². The van der Waals surface area contributed by atoms with Crippen LogP contribution in [-0.4, -0.2) is 118 Å². The fourth-order valence-electron chi connectivity index (χ4n) is 9.41. The van der Waals surface area contributed by atoms with Gasteiger partial charge in [0.05, 0.1) is 0 Å². The van der Waals surface area contributed by atoms with Crippen molar-refractivity contribution in [1.29, 1.82) is 0 Å². The highest BCUT2D eigenvalue weighted by atomic mass is 16.2. The summed E-state index contributed by atoms with van der Waals surface area (Å²) in [6.07, 6.45) is 3.65.